The van der Waals surface area contributed by atoms with Gasteiger partial charge in [-0.1, -0.05) is 0 Å². The van der Waals surface area contributed by atoms with Gasteiger partial charge < -0.3 is 19.2 Å². The summed E-state index contributed by atoms with van der Waals surface area (Å²) in [5.41, 5.74) is 0. The van der Waals surface area contributed by atoms with Crippen LogP contribution >= 0.6 is 0 Å². The number of hydrogen-bond acceptors (Lipinski definition) is 4. The third-order valence-electron chi connectivity index (χ3n) is 1.97. The number of rotatable bonds is 6. The average Bonchev–Trinajstić information content (AvgIpc) is 2.67. The highest BCUT2D eigenvalue weighted by Gasteiger charge is 2.13. The number of furan rings is 1. The van der Waals surface area contributed by atoms with Gasteiger partial charge in [0.1, 0.15) is 12.4 Å². The summed E-state index contributed by atoms with van der Waals surface area (Å²) >= 11 is 0. The molecule has 0 fully saturated rings. The number of ether oxygens (including phenoxy) is 2. The molecule has 1 unspecified atom stereocenters. The second kappa shape index (κ2) is 6.30. The molecule has 1 aromatic rings. The molecule has 0 bridgehead atoms. The molecule has 1 aromatic heterocycles. The molecule has 0 radical (unpaired) electrons. The molecule has 1 heterocycles. The van der Waals surface area contributed by atoms with E-state index in [4.69, 9.17) is 13.9 Å². The van der Waals surface area contributed by atoms with Crippen LogP contribution in [-0.4, -0.2) is 32.8 Å². The van der Waals surface area contributed by atoms with Crippen molar-refractivity contribution >= 4 is 5.91 Å². The lowest BCUT2D eigenvalue weighted by molar-refractivity contribution is 0.0870. The molecule has 0 aliphatic rings. The smallest absolute Gasteiger partial charge is 0.287 e. The lowest BCUT2D eigenvalue weighted by atomic mass is 10.3. The van der Waals surface area contributed by atoms with Gasteiger partial charge in [0.25, 0.3) is 5.91 Å². The van der Waals surface area contributed by atoms with E-state index in [-0.39, 0.29) is 17.7 Å². The Bertz CT molecular complexity index is 334. The number of methoxy groups -OCH3 is 2. The Morgan fingerprint density at radius 2 is 2.19 bits per heavy atom. The minimum absolute atomic E-state index is 0.0477. The highest BCUT2D eigenvalue weighted by molar-refractivity contribution is 5.91. The minimum Gasteiger partial charge on any atom is -0.453 e. The van der Waals surface area contributed by atoms with E-state index in [0.717, 1.165) is 0 Å². The lowest BCUT2D eigenvalue weighted by Gasteiger charge is -2.10. The van der Waals surface area contributed by atoms with Gasteiger partial charge in [0.15, 0.2) is 5.76 Å². The Hall–Kier alpha value is -1.33. The van der Waals surface area contributed by atoms with Crippen LogP contribution in [0.4, 0.5) is 0 Å². The fraction of sp³-hybridized carbons (Fsp3) is 0.545. The fourth-order valence-corrected chi connectivity index (χ4v) is 1.31. The molecule has 1 atom stereocenters. The van der Waals surface area contributed by atoms with E-state index in [1.165, 1.54) is 0 Å². The van der Waals surface area contributed by atoms with Crippen LogP contribution in [0.2, 0.25) is 0 Å². The van der Waals surface area contributed by atoms with Crippen LogP contribution in [0.5, 0.6) is 0 Å². The van der Waals surface area contributed by atoms with Gasteiger partial charge in [-0.3, -0.25) is 4.79 Å². The summed E-state index contributed by atoms with van der Waals surface area (Å²) in [5, 5.41) is 2.75. The highest BCUT2D eigenvalue weighted by atomic mass is 16.5. The van der Waals surface area contributed by atoms with Crippen molar-refractivity contribution in [1.29, 1.82) is 0 Å². The maximum Gasteiger partial charge on any atom is 0.287 e. The predicted molar refractivity (Wildman–Crippen MR) is 58.2 cm³/mol. The van der Waals surface area contributed by atoms with Crippen LogP contribution < -0.4 is 5.32 Å². The first-order valence-electron chi connectivity index (χ1n) is 5.04. The van der Waals surface area contributed by atoms with E-state index in [1.54, 1.807) is 26.4 Å². The van der Waals surface area contributed by atoms with E-state index >= 15 is 0 Å². The van der Waals surface area contributed by atoms with Crippen molar-refractivity contribution in [2.45, 2.75) is 19.6 Å². The monoisotopic (exact) mass is 227 g/mol. The molecular formula is C11H17NO4. The van der Waals surface area contributed by atoms with Crippen molar-refractivity contribution < 1.29 is 18.7 Å². The van der Waals surface area contributed by atoms with Crippen molar-refractivity contribution in [2.24, 2.45) is 0 Å². The Kier molecular flexibility index (Phi) is 5.01. The van der Waals surface area contributed by atoms with Gasteiger partial charge in [0.2, 0.25) is 0 Å². The topological polar surface area (TPSA) is 60.7 Å². The maximum atomic E-state index is 11.6. The summed E-state index contributed by atoms with van der Waals surface area (Å²) in [6.07, 6.45) is 0. The molecule has 0 aliphatic carbocycles. The summed E-state index contributed by atoms with van der Waals surface area (Å²) in [5.74, 6) is 0.675. The van der Waals surface area contributed by atoms with E-state index in [2.05, 4.69) is 5.32 Å². The van der Waals surface area contributed by atoms with Crippen molar-refractivity contribution in [1.82, 2.24) is 5.32 Å². The fourth-order valence-electron chi connectivity index (χ4n) is 1.31. The van der Waals surface area contributed by atoms with Gasteiger partial charge in [-0.15, -0.1) is 0 Å². The van der Waals surface area contributed by atoms with Gasteiger partial charge >= 0.3 is 0 Å². The molecule has 1 rings (SSSR count). The quantitative estimate of drug-likeness (QED) is 0.793. The summed E-state index contributed by atoms with van der Waals surface area (Å²) in [4.78, 5) is 11.6. The van der Waals surface area contributed by atoms with Crippen LogP contribution in [0.25, 0.3) is 0 Å². The van der Waals surface area contributed by atoms with Crippen LogP contribution in [0.15, 0.2) is 16.5 Å². The van der Waals surface area contributed by atoms with Gasteiger partial charge in [0, 0.05) is 20.3 Å². The van der Waals surface area contributed by atoms with Crippen LogP contribution in [0.3, 0.4) is 0 Å². The second-order valence-corrected chi connectivity index (χ2v) is 3.53. The van der Waals surface area contributed by atoms with E-state index in [9.17, 15) is 4.79 Å². The first kappa shape index (κ1) is 12.7. The number of amides is 1. The van der Waals surface area contributed by atoms with Gasteiger partial charge in [-0.2, -0.15) is 0 Å². The minimum atomic E-state index is -0.244. The second-order valence-electron chi connectivity index (χ2n) is 3.53. The SMILES string of the molecule is COCc1ccc(C(=O)NC(C)COC)o1. The molecular weight excluding hydrogens is 210 g/mol. The third kappa shape index (κ3) is 3.67. The van der Waals surface area contributed by atoms with Crippen LogP contribution in [0.1, 0.15) is 23.2 Å². The van der Waals surface area contributed by atoms with Gasteiger partial charge in [0.05, 0.1) is 6.61 Å². The summed E-state index contributed by atoms with van der Waals surface area (Å²) < 4.78 is 15.1. The molecule has 0 saturated carbocycles. The van der Waals surface area contributed by atoms with Crippen LogP contribution in [0, 0.1) is 0 Å². The predicted octanol–water partition coefficient (Wildman–Crippen LogP) is 1.19. The van der Waals surface area contributed by atoms with Gasteiger partial charge in [-0.05, 0) is 19.1 Å². The Morgan fingerprint density at radius 1 is 1.44 bits per heavy atom. The molecule has 5 nitrogen and oxygen atoms in total. The molecule has 5 heteroatoms. The zero-order valence-corrected chi connectivity index (χ0v) is 9.78. The van der Waals surface area contributed by atoms with E-state index in [0.29, 0.717) is 19.0 Å². The van der Waals surface area contributed by atoms with E-state index in [1.807, 2.05) is 6.92 Å². The number of hydrogen-bond donors (Lipinski definition) is 1. The molecule has 90 valence electrons. The van der Waals surface area contributed by atoms with Gasteiger partial charge in [-0.25, -0.2) is 0 Å². The molecule has 0 saturated heterocycles. The van der Waals surface area contributed by atoms with Crippen molar-refractivity contribution in [2.75, 3.05) is 20.8 Å². The molecule has 0 spiro atoms. The molecule has 1 N–H and O–H groups in total. The number of carbonyl (C=O) groups excluding carboxylic acids is 1. The van der Waals surface area contributed by atoms with Crippen molar-refractivity contribution in [3.63, 3.8) is 0 Å². The number of carbonyl (C=O) groups is 1. The van der Waals surface area contributed by atoms with E-state index < -0.39 is 0 Å². The first-order chi connectivity index (χ1) is 7.67. The Labute approximate surface area is 94.7 Å². The summed E-state index contributed by atoms with van der Waals surface area (Å²) in [6, 6.07) is 3.30. The van der Waals surface area contributed by atoms with Crippen molar-refractivity contribution in [3.05, 3.63) is 23.7 Å². The van der Waals surface area contributed by atoms with Crippen molar-refractivity contribution in [3.8, 4) is 0 Å². The summed E-state index contributed by atoms with van der Waals surface area (Å²) in [6.45, 7) is 2.69. The average molecular weight is 227 g/mol. The molecule has 0 aromatic carbocycles. The van der Waals surface area contributed by atoms with Crippen LogP contribution in [-0.2, 0) is 16.1 Å². The first-order valence-corrected chi connectivity index (χ1v) is 5.04. The third-order valence-corrected chi connectivity index (χ3v) is 1.97. The Morgan fingerprint density at radius 3 is 2.81 bits per heavy atom. The highest BCUT2D eigenvalue weighted by Crippen LogP contribution is 2.08. The zero-order valence-electron chi connectivity index (χ0n) is 9.78. The lowest BCUT2D eigenvalue weighted by Crippen LogP contribution is -2.35. The Balaban J connectivity index is 2.52. The zero-order chi connectivity index (χ0) is 12.0. The number of nitrogens with one attached hydrogen (secondary N) is 1. The molecule has 16 heavy (non-hydrogen) atoms. The summed E-state index contributed by atoms with van der Waals surface area (Å²) in [7, 11) is 3.16. The normalized spacial score (nSPS) is 12.4. The standard InChI is InChI=1S/C11H17NO4/c1-8(6-14-2)12-11(13)10-5-4-9(16-10)7-15-3/h4-5,8H,6-7H2,1-3H3,(H,12,13). The maximum absolute atomic E-state index is 11.6. The largest absolute Gasteiger partial charge is 0.453 e. The molecule has 0 aliphatic heterocycles. The molecule has 1 amide bonds.